The van der Waals surface area contributed by atoms with Crippen molar-refractivity contribution in [3.63, 3.8) is 0 Å². The fraction of sp³-hybridized carbons (Fsp3) is 0.105. The number of allylic oxidation sites excluding steroid dienone is 1. The highest BCUT2D eigenvalue weighted by molar-refractivity contribution is 7.79. The maximum Gasteiger partial charge on any atom is 0.433 e. The van der Waals surface area contributed by atoms with Crippen LogP contribution < -0.4 is 0 Å². The lowest BCUT2D eigenvalue weighted by molar-refractivity contribution is -0.140. The Bertz CT molecular complexity index is 1010. The third kappa shape index (κ3) is 3.86. The summed E-state index contributed by atoms with van der Waals surface area (Å²) in [6.45, 7) is 5.63. The quantitative estimate of drug-likeness (QED) is 0.586. The highest BCUT2D eigenvalue weighted by Gasteiger charge is 2.38. The molecular formula is C19H15F3N2O2S. The molecule has 2 N–H and O–H groups in total. The molecule has 0 saturated heterocycles. The van der Waals surface area contributed by atoms with Crippen LogP contribution in [0.4, 0.5) is 13.2 Å². The lowest BCUT2D eigenvalue weighted by Gasteiger charge is -2.10. The van der Waals surface area contributed by atoms with Gasteiger partial charge in [-0.15, -0.1) is 0 Å². The SMILES string of the molecule is C=C(C)c1ccc(-c2c(-c3ccc(S(=O)O)cc3)n[nH]c2C(F)(F)F)cc1. The fourth-order valence-electron chi connectivity index (χ4n) is 2.69. The minimum absolute atomic E-state index is 0.0753. The van der Waals surface area contributed by atoms with E-state index >= 15 is 0 Å². The lowest BCUT2D eigenvalue weighted by atomic mass is 9.97. The smallest absolute Gasteiger partial charge is 0.302 e. The Morgan fingerprint density at radius 1 is 1.07 bits per heavy atom. The molecule has 27 heavy (non-hydrogen) atoms. The topological polar surface area (TPSA) is 66.0 Å². The van der Waals surface area contributed by atoms with E-state index in [1.165, 1.54) is 24.3 Å². The predicted molar refractivity (Wildman–Crippen MR) is 98.2 cm³/mol. The Morgan fingerprint density at radius 2 is 1.63 bits per heavy atom. The Labute approximate surface area is 156 Å². The summed E-state index contributed by atoms with van der Waals surface area (Å²) < 4.78 is 60.6. The van der Waals surface area contributed by atoms with Crippen molar-refractivity contribution in [2.45, 2.75) is 18.0 Å². The maximum atomic E-state index is 13.5. The monoisotopic (exact) mass is 392 g/mol. The number of aromatic amines is 1. The van der Waals surface area contributed by atoms with Crippen LogP contribution in [0.3, 0.4) is 0 Å². The molecule has 140 valence electrons. The molecule has 1 unspecified atom stereocenters. The van der Waals surface area contributed by atoms with Crippen LogP contribution in [0.15, 0.2) is 60.0 Å². The molecule has 0 saturated carbocycles. The zero-order chi connectivity index (χ0) is 19.8. The van der Waals surface area contributed by atoms with Crippen molar-refractivity contribution in [2.24, 2.45) is 0 Å². The molecule has 1 heterocycles. The first-order chi connectivity index (χ1) is 12.7. The summed E-state index contributed by atoms with van der Waals surface area (Å²) in [5.41, 5.74) is 1.47. The zero-order valence-electron chi connectivity index (χ0n) is 14.2. The number of halogens is 3. The molecule has 0 spiro atoms. The largest absolute Gasteiger partial charge is 0.433 e. The molecule has 3 rings (SSSR count). The van der Waals surface area contributed by atoms with E-state index in [4.69, 9.17) is 4.55 Å². The average molecular weight is 392 g/mol. The first-order valence-electron chi connectivity index (χ1n) is 7.81. The van der Waals surface area contributed by atoms with Gasteiger partial charge in [-0.1, -0.05) is 48.6 Å². The molecule has 2 aromatic carbocycles. The second kappa shape index (κ2) is 7.13. The number of nitrogens with zero attached hydrogens (tertiary/aromatic N) is 1. The van der Waals surface area contributed by atoms with E-state index in [2.05, 4.69) is 16.8 Å². The number of hydrogen-bond acceptors (Lipinski definition) is 2. The average Bonchev–Trinajstić information content (AvgIpc) is 3.07. The van der Waals surface area contributed by atoms with E-state index < -0.39 is 23.0 Å². The Kier molecular flexibility index (Phi) is 5.03. The zero-order valence-corrected chi connectivity index (χ0v) is 15.0. The lowest BCUT2D eigenvalue weighted by Crippen LogP contribution is -2.07. The Balaban J connectivity index is 2.17. The maximum absolute atomic E-state index is 13.5. The van der Waals surface area contributed by atoms with Crippen LogP contribution in [-0.2, 0) is 17.3 Å². The number of benzene rings is 2. The van der Waals surface area contributed by atoms with E-state index in [1.54, 1.807) is 24.3 Å². The van der Waals surface area contributed by atoms with Gasteiger partial charge in [0.1, 0.15) is 11.4 Å². The van der Waals surface area contributed by atoms with Gasteiger partial charge in [0.15, 0.2) is 11.1 Å². The van der Waals surface area contributed by atoms with Crippen molar-refractivity contribution >= 4 is 16.7 Å². The second-order valence-corrected chi connectivity index (χ2v) is 6.92. The standard InChI is InChI=1S/C19H15F3N2O2S/c1-11(2)12-3-5-13(6-4-12)16-17(23-24-18(16)19(20,21)22)14-7-9-15(10-8-14)27(25)26/h3-10H,1H2,2H3,(H,23,24)(H,25,26). The van der Waals surface area contributed by atoms with E-state index in [9.17, 15) is 17.4 Å². The molecule has 1 atom stereocenters. The van der Waals surface area contributed by atoms with Gasteiger partial charge in [0.05, 0.1) is 4.90 Å². The molecule has 8 heteroatoms. The van der Waals surface area contributed by atoms with Gasteiger partial charge in [-0.05, 0) is 30.2 Å². The molecule has 0 bridgehead atoms. The van der Waals surface area contributed by atoms with Crippen molar-refractivity contribution in [1.29, 1.82) is 0 Å². The minimum Gasteiger partial charge on any atom is -0.302 e. The molecular weight excluding hydrogens is 377 g/mol. The Hall–Kier alpha value is -2.71. The van der Waals surface area contributed by atoms with Crippen LogP contribution in [0.1, 0.15) is 18.2 Å². The molecule has 0 fully saturated rings. The van der Waals surface area contributed by atoms with Crippen LogP contribution in [0.25, 0.3) is 28.0 Å². The Morgan fingerprint density at radius 3 is 2.11 bits per heavy atom. The summed E-state index contributed by atoms with van der Waals surface area (Å²) in [5.74, 6) is 0. The van der Waals surface area contributed by atoms with Crippen molar-refractivity contribution in [3.8, 4) is 22.4 Å². The summed E-state index contributed by atoms with van der Waals surface area (Å²) in [7, 11) is 0. The molecule has 0 amide bonds. The molecule has 0 aliphatic heterocycles. The summed E-state index contributed by atoms with van der Waals surface area (Å²) in [6.07, 6.45) is -4.61. The fourth-order valence-corrected chi connectivity index (χ4v) is 3.06. The van der Waals surface area contributed by atoms with Crippen molar-refractivity contribution < 1.29 is 21.9 Å². The second-order valence-electron chi connectivity index (χ2n) is 5.95. The van der Waals surface area contributed by atoms with Crippen molar-refractivity contribution in [2.75, 3.05) is 0 Å². The van der Waals surface area contributed by atoms with E-state index in [-0.39, 0.29) is 16.2 Å². The van der Waals surface area contributed by atoms with Gasteiger partial charge >= 0.3 is 6.18 Å². The van der Waals surface area contributed by atoms with Crippen LogP contribution >= 0.6 is 0 Å². The van der Waals surface area contributed by atoms with Gasteiger partial charge in [0.25, 0.3) is 0 Å². The molecule has 3 aromatic rings. The van der Waals surface area contributed by atoms with E-state index in [1.807, 2.05) is 6.92 Å². The van der Waals surface area contributed by atoms with Crippen molar-refractivity contribution in [1.82, 2.24) is 10.2 Å². The number of aromatic nitrogens is 2. The third-order valence-corrected chi connectivity index (χ3v) is 4.72. The normalized spacial score (nSPS) is 12.8. The summed E-state index contributed by atoms with van der Waals surface area (Å²) in [5, 5.41) is 5.94. The third-order valence-electron chi connectivity index (χ3n) is 4.05. The molecule has 4 nitrogen and oxygen atoms in total. The first kappa shape index (κ1) is 19.1. The van der Waals surface area contributed by atoms with Gasteiger partial charge in [-0.25, -0.2) is 4.21 Å². The van der Waals surface area contributed by atoms with E-state index in [0.29, 0.717) is 11.1 Å². The van der Waals surface area contributed by atoms with Gasteiger partial charge in [0.2, 0.25) is 0 Å². The van der Waals surface area contributed by atoms with Crippen LogP contribution in [0.2, 0.25) is 0 Å². The van der Waals surface area contributed by atoms with Gasteiger partial charge in [0, 0.05) is 11.1 Å². The molecule has 0 aliphatic rings. The van der Waals surface area contributed by atoms with E-state index in [0.717, 1.165) is 11.1 Å². The number of rotatable bonds is 4. The van der Waals surface area contributed by atoms with Gasteiger partial charge < -0.3 is 4.55 Å². The van der Waals surface area contributed by atoms with Gasteiger partial charge in [-0.3, -0.25) is 5.10 Å². The van der Waals surface area contributed by atoms with Crippen LogP contribution in [0.5, 0.6) is 0 Å². The van der Waals surface area contributed by atoms with Crippen molar-refractivity contribution in [3.05, 3.63) is 66.4 Å². The van der Waals surface area contributed by atoms with Crippen LogP contribution in [0, 0.1) is 0 Å². The highest BCUT2D eigenvalue weighted by atomic mass is 32.2. The number of nitrogens with one attached hydrogen (secondary N) is 1. The predicted octanol–water partition coefficient (Wildman–Crippen LogP) is 5.38. The minimum atomic E-state index is -4.61. The first-order valence-corrected chi connectivity index (χ1v) is 8.92. The van der Waals surface area contributed by atoms with Gasteiger partial charge in [-0.2, -0.15) is 18.3 Å². The summed E-state index contributed by atoms with van der Waals surface area (Å²) >= 11 is -2.17. The highest BCUT2D eigenvalue weighted by Crippen LogP contribution is 2.41. The number of H-pyrrole nitrogens is 1. The molecule has 0 aliphatic carbocycles. The molecule has 0 radical (unpaired) electrons. The molecule has 1 aromatic heterocycles. The van der Waals surface area contributed by atoms with Crippen LogP contribution in [-0.4, -0.2) is 19.0 Å². The summed E-state index contributed by atoms with van der Waals surface area (Å²) in [4.78, 5) is 0.151. The summed E-state index contributed by atoms with van der Waals surface area (Å²) in [6, 6.07) is 12.3. The number of alkyl halides is 3. The number of hydrogen-bond donors (Lipinski definition) is 2.